The first kappa shape index (κ1) is 41.1. The van der Waals surface area contributed by atoms with Crippen LogP contribution in [0.1, 0.15) is 103 Å². The molecule has 0 spiro atoms. The Morgan fingerprint density at radius 2 is 0.467 bits per heavy atom. The van der Waals surface area contributed by atoms with Crippen LogP contribution in [0.3, 0.4) is 0 Å². The van der Waals surface area contributed by atoms with Gasteiger partial charge >= 0.3 is 0 Å². The van der Waals surface area contributed by atoms with E-state index in [0.717, 1.165) is 0 Å². The Kier molecular flexibility index (Phi) is 20.6. The molecular formula is C45H62. The van der Waals surface area contributed by atoms with Gasteiger partial charge in [-0.3, -0.25) is 0 Å². The van der Waals surface area contributed by atoms with Gasteiger partial charge in [-0.25, -0.2) is 0 Å². The molecule has 5 aromatic rings. The summed E-state index contributed by atoms with van der Waals surface area (Å²) in [6, 6.07) is 42.5. The first-order valence-corrected chi connectivity index (χ1v) is 16.0. The fraction of sp³-hybridized carbons (Fsp3) is 0.333. The molecule has 0 N–H and O–H groups in total. The fourth-order valence-electron chi connectivity index (χ4n) is 3.89. The highest BCUT2D eigenvalue weighted by Crippen LogP contribution is 2.14. The van der Waals surface area contributed by atoms with Gasteiger partial charge in [0.25, 0.3) is 0 Å². The van der Waals surface area contributed by atoms with Crippen LogP contribution in [0.2, 0.25) is 0 Å². The van der Waals surface area contributed by atoms with Gasteiger partial charge in [0.1, 0.15) is 0 Å². The number of aryl methyl sites for hydroxylation is 8. The predicted octanol–water partition coefficient (Wildman–Crippen LogP) is 13.8. The molecule has 0 aliphatic heterocycles. The molecule has 0 heteroatoms. The van der Waals surface area contributed by atoms with Gasteiger partial charge in [-0.15, -0.1) is 0 Å². The highest BCUT2D eigenvalue weighted by Gasteiger charge is 1.96. The Morgan fingerprint density at radius 1 is 0.289 bits per heavy atom. The van der Waals surface area contributed by atoms with E-state index in [2.05, 4.69) is 204 Å². The molecule has 0 unspecified atom stereocenters. The van der Waals surface area contributed by atoms with Crippen LogP contribution in [0.4, 0.5) is 0 Å². The number of benzene rings is 5. The number of hydrogen-bond donors (Lipinski definition) is 0. The summed E-state index contributed by atoms with van der Waals surface area (Å²) in [6.45, 7) is 25.8. The van der Waals surface area contributed by atoms with Crippen LogP contribution in [0.25, 0.3) is 0 Å². The lowest BCUT2D eigenvalue weighted by molar-refractivity contribution is 0.866. The van der Waals surface area contributed by atoms with Crippen LogP contribution >= 0.6 is 0 Å². The zero-order valence-corrected chi connectivity index (χ0v) is 29.7. The largest absolute Gasteiger partial charge is 0.0776 e. The van der Waals surface area contributed by atoms with Crippen molar-refractivity contribution < 1.29 is 0 Å². The summed E-state index contributed by atoms with van der Waals surface area (Å²) in [4.78, 5) is 0. The van der Waals surface area contributed by atoms with Crippen LogP contribution in [0.5, 0.6) is 0 Å². The third-order valence-electron chi connectivity index (χ3n) is 7.76. The lowest BCUT2D eigenvalue weighted by Gasteiger charge is -2.03. The maximum atomic E-state index is 2.21. The van der Waals surface area contributed by atoms with Gasteiger partial charge in [-0.2, -0.15) is 0 Å². The Labute approximate surface area is 278 Å². The Bertz CT molecular complexity index is 1240. The van der Waals surface area contributed by atoms with Crippen LogP contribution < -0.4 is 0 Å². The normalized spacial score (nSPS) is 9.56. The monoisotopic (exact) mass is 602 g/mol. The van der Waals surface area contributed by atoms with Gasteiger partial charge in [-0.1, -0.05) is 168 Å². The highest BCUT2D eigenvalue weighted by atomic mass is 14.0. The molecular weight excluding hydrogens is 540 g/mol. The Morgan fingerprint density at radius 3 is 0.600 bits per heavy atom. The lowest BCUT2D eigenvalue weighted by Crippen LogP contribution is -1.85. The van der Waals surface area contributed by atoms with Crippen LogP contribution in [-0.4, -0.2) is 0 Å². The molecule has 0 aromatic heterocycles. The molecule has 0 saturated heterocycles. The SMILES string of the molecule is C.Cc1ccc(C(C)C)cc1.Cc1ccc(C(C)C)cc1.Cc1ccccc1C.Cc1ccccc1C.Cc1ccccc1C. The van der Waals surface area contributed by atoms with Crippen molar-refractivity contribution in [3.8, 4) is 0 Å². The van der Waals surface area contributed by atoms with E-state index in [1.165, 1.54) is 55.6 Å². The Hall–Kier alpha value is -3.90. The van der Waals surface area contributed by atoms with E-state index >= 15 is 0 Å². The second-order valence-corrected chi connectivity index (χ2v) is 12.4. The maximum absolute atomic E-state index is 2.21. The predicted molar refractivity (Wildman–Crippen MR) is 205 cm³/mol. The molecule has 45 heavy (non-hydrogen) atoms. The average Bonchev–Trinajstić information content (AvgIpc) is 2.99. The molecule has 5 rings (SSSR count). The van der Waals surface area contributed by atoms with Crippen molar-refractivity contribution in [1.29, 1.82) is 0 Å². The minimum Gasteiger partial charge on any atom is -0.0776 e. The summed E-state index contributed by atoms with van der Waals surface area (Å²) in [6.07, 6.45) is 0. The van der Waals surface area contributed by atoms with Gasteiger partial charge in [0.2, 0.25) is 0 Å². The summed E-state index contributed by atoms with van der Waals surface area (Å²) in [5.74, 6) is 1.31. The van der Waals surface area contributed by atoms with Gasteiger partial charge in [0.05, 0.1) is 0 Å². The minimum absolute atomic E-state index is 0. The second-order valence-electron chi connectivity index (χ2n) is 12.4. The van der Waals surface area contributed by atoms with Crippen LogP contribution in [0, 0.1) is 55.4 Å². The molecule has 5 aromatic carbocycles. The number of rotatable bonds is 2. The van der Waals surface area contributed by atoms with Crippen molar-refractivity contribution in [3.05, 3.63) is 177 Å². The van der Waals surface area contributed by atoms with Crippen molar-refractivity contribution in [2.75, 3.05) is 0 Å². The summed E-state index contributed by atoms with van der Waals surface area (Å²) in [5, 5.41) is 0. The molecule has 0 heterocycles. The van der Waals surface area contributed by atoms with E-state index in [0.29, 0.717) is 11.8 Å². The van der Waals surface area contributed by atoms with Crippen molar-refractivity contribution in [1.82, 2.24) is 0 Å². The summed E-state index contributed by atoms with van der Waals surface area (Å²) < 4.78 is 0. The summed E-state index contributed by atoms with van der Waals surface area (Å²) in [7, 11) is 0. The van der Waals surface area contributed by atoms with Crippen molar-refractivity contribution >= 4 is 0 Å². The molecule has 0 radical (unpaired) electrons. The highest BCUT2D eigenvalue weighted by molar-refractivity contribution is 5.26. The van der Waals surface area contributed by atoms with Crippen molar-refractivity contribution in [2.45, 2.75) is 102 Å². The molecule has 242 valence electrons. The summed E-state index contributed by atoms with van der Waals surface area (Å²) >= 11 is 0. The first-order valence-electron chi connectivity index (χ1n) is 16.0. The zero-order valence-electron chi connectivity index (χ0n) is 29.7. The Balaban J connectivity index is 0.000000537. The fourth-order valence-corrected chi connectivity index (χ4v) is 3.89. The molecule has 0 fully saturated rings. The van der Waals surface area contributed by atoms with Crippen molar-refractivity contribution in [2.24, 2.45) is 0 Å². The maximum Gasteiger partial charge on any atom is -0.0219 e. The topological polar surface area (TPSA) is 0 Å². The quantitative estimate of drug-likeness (QED) is 0.188. The van der Waals surface area contributed by atoms with E-state index in [1.807, 2.05) is 0 Å². The summed E-state index contributed by atoms with van der Waals surface area (Å²) in [5.41, 5.74) is 13.7. The van der Waals surface area contributed by atoms with E-state index in [9.17, 15) is 0 Å². The van der Waals surface area contributed by atoms with E-state index < -0.39 is 0 Å². The molecule has 0 nitrogen and oxygen atoms in total. The second kappa shape index (κ2) is 22.6. The molecule has 0 bridgehead atoms. The van der Waals surface area contributed by atoms with Crippen LogP contribution in [0.15, 0.2) is 121 Å². The molecule has 0 atom stereocenters. The van der Waals surface area contributed by atoms with Crippen LogP contribution in [-0.2, 0) is 0 Å². The molecule has 0 saturated carbocycles. The van der Waals surface area contributed by atoms with E-state index in [-0.39, 0.29) is 7.43 Å². The lowest BCUT2D eigenvalue weighted by atomic mass is 10.0. The zero-order chi connectivity index (χ0) is 33.1. The minimum atomic E-state index is 0. The smallest absolute Gasteiger partial charge is 0.0219 e. The third kappa shape index (κ3) is 17.9. The molecule has 0 aliphatic carbocycles. The average molecular weight is 603 g/mol. The van der Waals surface area contributed by atoms with Gasteiger partial charge < -0.3 is 0 Å². The number of hydrogen-bond acceptors (Lipinski definition) is 0. The third-order valence-corrected chi connectivity index (χ3v) is 7.76. The standard InChI is InChI=1S/2C10H14.3C8H10.CH4/c2*1-8(2)10-6-4-9(3)5-7-10;3*1-7-5-3-4-6-8(7)2;/h2*4-8H,1-3H3;3*3-6H,1-2H3;1H4. The first-order chi connectivity index (χ1) is 20.8. The van der Waals surface area contributed by atoms with E-state index in [1.54, 1.807) is 0 Å². The van der Waals surface area contributed by atoms with Gasteiger partial charge in [0, 0.05) is 0 Å². The van der Waals surface area contributed by atoms with Crippen molar-refractivity contribution in [3.63, 3.8) is 0 Å². The van der Waals surface area contributed by atoms with E-state index in [4.69, 9.17) is 0 Å². The van der Waals surface area contributed by atoms with Gasteiger partial charge in [0.15, 0.2) is 0 Å². The molecule has 0 aliphatic rings. The molecule has 0 amide bonds. The van der Waals surface area contributed by atoms with Gasteiger partial charge in [-0.05, 0) is 112 Å².